The summed E-state index contributed by atoms with van der Waals surface area (Å²) in [6.45, 7) is 2.06. The zero-order chi connectivity index (χ0) is 13.8. The lowest BCUT2D eigenvalue weighted by molar-refractivity contribution is 1.23. The van der Waals surface area contributed by atoms with Crippen LogP contribution < -0.4 is 0 Å². The standard InChI is InChI=1S/C17H14N2S/c1-13-6-8-18-16(11-13)17-12-14(7-9-19-17)4-5-15-3-2-10-20-15/h2-12H,1H3/b5-4+. The summed E-state index contributed by atoms with van der Waals surface area (Å²) in [7, 11) is 0. The minimum atomic E-state index is 0.905. The molecule has 0 spiro atoms. The lowest BCUT2D eigenvalue weighted by Gasteiger charge is -2.02. The molecule has 20 heavy (non-hydrogen) atoms. The van der Waals surface area contributed by atoms with Crippen LogP contribution in [0.15, 0.2) is 54.2 Å². The van der Waals surface area contributed by atoms with E-state index in [1.807, 2.05) is 24.5 Å². The van der Waals surface area contributed by atoms with Gasteiger partial charge in [0.25, 0.3) is 0 Å². The summed E-state index contributed by atoms with van der Waals surface area (Å²) in [5.74, 6) is 0. The van der Waals surface area contributed by atoms with Crippen molar-refractivity contribution in [3.05, 3.63) is 70.2 Å². The number of nitrogens with zero attached hydrogens (tertiary/aromatic N) is 2. The van der Waals surface area contributed by atoms with Crippen LogP contribution in [0.2, 0.25) is 0 Å². The fourth-order valence-corrected chi connectivity index (χ4v) is 2.55. The van der Waals surface area contributed by atoms with Crippen molar-refractivity contribution in [2.75, 3.05) is 0 Å². The molecule has 0 aliphatic heterocycles. The summed E-state index contributed by atoms with van der Waals surface area (Å²) in [4.78, 5) is 10.0. The van der Waals surface area contributed by atoms with Crippen molar-refractivity contribution in [3.8, 4) is 11.4 Å². The second-order valence-corrected chi connectivity index (χ2v) is 5.52. The predicted molar refractivity (Wildman–Crippen MR) is 85.5 cm³/mol. The molecule has 0 aliphatic rings. The largest absolute Gasteiger partial charge is 0.255 e. The van der Waals surface area contributed by atoms with Crippen molar-refractivity contribution in [2.45, 2.75) is 6.92 Å². The number of hydrogen-bond acceptors (Lipinski definition) is 3. The van der Waals surface area contributed by atoms with Gasteiger partial charge in [0, 0.05) is 17.3 Å². The van der Waals surface area contributed by atoms with E-state index in [2.05, 4.69) is 58.7 Å². The van der Waals surface area contributed by atoms with Crippen molar-refractivity contribution in [1.29, 1.82) is 0 Å². The lowest BCUT2D eigenvalue weighted by Crippen LogP contribution is -1.88. The maximum Gasteiger partial charge on any atom is 0.0892 e. The number of hydrogen-bond donors (Lipinski definition) is 0. The zero-order valence-electron chi connectivity index (χ0n) is 11.2. The molecule has 3 aromatic rings. The normalized spacial score (nSPS) is 11.1. The molecule has 3 aromatic heterocycles. The summed E-state index contributed by atoms with van der Waals surface area (Å²) in [6.07, 6.45) is 7.87. The number of aromatic nitrogens is 2. The van der Waals surface area contributed by atoms with Gasteiger partial charge in [-0.25, -0.2) is 0 Å². The highest BCUT2D eigenvalue weighted by atomic mass is 32.1. The van der Waals surface area contributed by atoms with Gasteiger partial charge in [-0.1, -0.05) is 12.1 Å². The van der Waals surface area contributed by atoms with Crippen molar-refractivity contribution < 1.29 is 0 Å². The van der Waals surface area contributed by atoms with Gasteiger partial charge in [-0.2, -0.15) is 0 Å². The molecule has 0 amide bonds. The fraction of sp³-hybridized carbons (Fsp3) is 0.0588. The van der Waals surface area contributed by atoms with E-state index in [0.717, 1.165) is 17.0 Å². The van der Waals surface area contributed by atoms with Gasteiger partial charge >= 0.3 is 0 Å². The van der Waals surface area contributed by atoms with Gasteiger partial charge < -0.3 is 0 Å². The van der Waals surface area contributed by atoms with E-state index in [1.54, 1.807) is 11.3 Å². The Balaban J connectivity index is 1.90. The van der Waals surface area contributed by atoms with E-state index in [9.17, 15) is 0 Å². The minimum Gasteiger partial charge on any atom is -0.255 e. The first-order valence-corrected chi connectivity index (χ1v) is 7.30. The number of pyridine rings is 2. The van der Waals surface area contributed by atoms with Gasteiger partial charge in [-0.05, 0) is 59.8 Å². The molecule has 0 aliphatic carbocycles. The van der Waals surface area contributed by atoms with Crippen LogP contribution in [0.1, 0.15) is 16.0 Å². The summed E-state index contributed by atoms with van der Waals surface area (Å²) in [5, 5.41) is 2.08. The van der Waals surface area contributed by atoms with Gasteiger partial charge in [0.1, 0.15) is 0 Å². The third-order valence-electron chi connectivity index (χ3n) is 2.95. The Bertz CT molecular complexity index is 730. The average Bonchev–Trinajstić information content (AvgIpc) is 2.99. The molecule has 3 heteroatoms. The van der Waals surface area contributed by atoms with Gasteiger partial charge in [-0.3, -0.25) is 9.97 Å². The Morgan fingerprint density at radius 2 is 1.75 bits per heavy atom. The van der Waals surface area contributed by atoms with E-state index in [4.69, 9.17) is 0 Å². The molecule has 0 saturated heterocycles. The molecular weight excluding hydrogens is 264 g/mol. The van der Waals surface area contributed by atoms with Gasteiger partial charge in [0.05, 0.1) is 11.4 Å². The first-order valence-electron chi connectivity index (χ1n) is 6.42. The molecule has 0 aromatic carbocycles. The summed E-state index contributed by atoms with van der Waals surface area (Å²) in [6, 6.07) is 12.3. The highest BCUT2D eigenvalue weighted by Crippen LogP contribution is 2.18. The number of aryl methyl sites for hydroxylation is 1. The van der Waals surface area contributed by atoms with Crippen LogP contribution in [0.3, 0.4) is 0 Å². The molecule has 3 heterocycles. The predicted octanol–water partition coefficient (Wildman–Crippen LogP) is 4.68. The zero-order valence-corrected chi connectivity index (χ0v) is 12.0. The van der Waals surface area contributed by atoms with Crippen LogP contribution >= 0.6 is 11.3 Å². The van der Waals surface area contributed by atoms with Crippen molar-refractivity contribution in [1.82, 2.24) is 9.97 Å². The van der Waals surface area contributed by atoms with E-state index >= 15 is 0 Å². The van der Waals surface area contributed by atoms with Crippen molar-refractivity contribution in [3.63, 3.8) is 0 Å². The number of rotatable bonds is 3. The first-order chi connectivity index (χ1) is 9.81. The molecule has 0 atom stereocenters. The lowest BCUT2D eigenvalue weighted by atomic mass is 10.1. The Hall–Kier alpha value is -2.26. The Morgan fingerprint density at radius 1 is 0.950 bits per heavy atom. The molecule has 0 radical (unpaired) electrons. The van der Waals surface area contributed by atoms with Gasteiger partial charge in [0.2, 0.25) is 0 Å². The molecule has 0 unspecified atom stereocenters. The third kappa shape index (κ3) is 3.00. The monoisotopic (exact) mass is 278 g/mol. The molecule has 3 rings (SSSR count). The van der Waals surface area contributed by atoms with Crippen LogP contribution in [0.25, 0.3) is 23.5 Å². The van der Waals surface area contributed by atoms with Gasteiger partial charge in [0.15, 0.2) is 0 Å². The van der Waals surface area contributed by atoms with E-state index in [0.29, 0.717) is 0 Å². The summed E-state index contributed by atoms with van der Waals surface area (Å²) >= 11 is 1.73. The average molecular weight is 278 g/mol. The van der Waals surface area contributed by atoms with Crippen LogP contribution in [0.4, 0.5) is 0 Å². The Labute approximate surface area is 122 Å². The molecule has 0 N–H and O–H groups in total. The van der Waals surface area contributed by atoms with Crippen LogP contribution in [0, 0.1) is 6.92 Å². The summed E-state index contributed by atoms with van der Waals surface area (Å²) < 4.78 is 0. The van der Waals surface area contributed by atoms with E-state index in [1.165, 1.54) is 10.4 Å². The molecule has 0 saturated carbocycles. The SMILES string of the molecule is Cc1ccnc(-c2cc(/C=C/c3cccs3)ccn2)c1. The molecular formula is C17H14N2S. The molecule has 0 fully saturated rings. The second kappa shape index (κ2) is 5.80. The first kappa shape index (κ1) is 12.8. The van der Waals surface area contributed by atoms with E-state index in [-0.39, 0.29) is 0 Å². The summed E-state index contributed by atoms with van der Waals surface area (Å²) in [5.41, 5.74) is 4.14. The minimum absolute atomic E-state index is 0.905. The third-order valence-corrected chi connectivity index (χ3v) is 3.78. The molecule has 98 valence electrons. The maximum absolute atomic E-state index is 4.40. The molecule has 0 bridgehead atoms. The van der Waals surface area contributed by atoms with Crippen LogP contribution in [-0.2, 0) is 0 Å². The van der Waals surface area contributed by atoms with Crippen molar-refractivity contribution in [2.24, 2.45) is 0 Å². The quantitative estimate of drug-likeness (QED) is 0.695. The number of thiophene rings is 1. The second-order valence-electron chi connectivity index (χ2n) is 4.54. The highest BCUT2D eigenvalue weighted by molar-refractivity contribution is 7.10. The molecule has 2 nitrogen and oxygen atoms in total. The Morgan fingerprint density at radius 3 is 2.50 bits per heavy atom. The topological polar surface area (TPSA) is 25.8 Å². The van der Waals surface area contributed by atoms with Crippen LogP contribution in [0.5, 0.6) is 0 Å². The fourth-order valence-electron chi connectivity index (χ4n) is 1.93. The Kier molecular flexibility index (Phi) is 3.70. The maximum atomic E-state index is 4.40. The smallest absolute Gasteiger partial charge is 0.0892 e. The van der Waals surface area contributed by atoms with Gasteiger partial charge in [-0.15, -0.1) is 11.3 Å². The van der Waals surface area contributed by atoms with Crippen molar-refractivity contribution >= 4 is 23.5 Å². The highest BCUT2D eigenvalue weighted by Gasteiger charge is 2.01. The van der Waals surface area contributed by atoms with E-state index < -0.39 is 0 Å². The van der Waals surface area contributed by atoms with Crippen LogP contribution in [-0.4, -0.2) is 9.97 Å².